The minimum atomic E-state index is -0.0644. The predicted molar refractivity (Wildman–Crippen MR) is 79.7 cm³/mol. The van der Waals surface area contributed by atoms with Gasteiger partial charge in [-0.05, 0) is 25.0 Å². The van der Waals surface area contributed by atoms with Crippen LogP contribution in [0.15, 0.2) is 59.2 Å². The minimum absolute atomic E-state index is 0.0644. The zero-order chi connectivity index (χ0) is 13.2. The summed E-state index contributed by atoms with van der Waals surface area (Å²) in [7, 11) is 0. The second-order valence-corrected chi connectivity index (χ2v) is 5.37. The van der Waals surface area contributed by atoms with Crippen LogP contribution >= 0.6 is 11.6 Å². The van der Waals surface area contributed by atoms with E-state index in [0.717, 1.165) is 23.0 Å². The van der Waals surface area contributed by atoms with E-state index in [1.165, 1.54) is 11.1 Å². The predicted octanol–water partition coefficient (Wildman–Crippen LogP) is 5.26. The van der Waals surface area contributed by atoms with Crippen LogP contribution in [0.4, 0.5) is 0 Å². The van der Waals surface area contributed by atoms with Crippen molar-refractivity contribution in [2.75, 3.05) is 0 Å². The van der Waals surface area contributed by atoms with Crippen molar-refractivity contribution in [3.05, 3.63) is 71.5 Å². The van der Waals surface area contributed by atoms with E-state index < -0.39 is 0 Å². The van der Waals surface area contributed by atoms with Crippen molar-refractivity contribution < 1.29 is 4.42 Å². The fourth-order valence-electron chi connectivity index (χ4n) is 2.40. The van der Waals surface area contributed by atoms with Gasteiger partial charge in [0.2, 0.25) is 0 Å². The van der Waals surface area contributed by atoms with Crippen LogP contribution in [-0.2, 0) is 6.42 Å². The van der Waals surface area contributed by atoms with Crippen LogP contribution in [0.5, 0.6) is 0 Å². The number of alkyl halides is 1. The highest BCUT2D eigenvalue weighted by atomic mass is 35.5. The number of para-hydroxylation sites is 1. The summed E-state index contributed by atoms with van der Waals surface area (Å²) < 4.78 is 5.55. The number of benzene rings is 2. The molecule has 96 valence electrons. The molecule has 0 saturated heterocycles. The van der Waals surface area contributed by atoms with E-state index in [1.54, 1.807) is 6.26 Å². The third kappa shape index (κ3) is 2.52. The first-order valence-corrected chi connectivity index (χ1v) is 6.83. The third-order valence-corrected chi connectivity index (χ3v) is 3.74. The third-order valence-electron chi connectivity index (χ3n) is 3.35. The summed E-state index contributed by atoms with van der Waals surface area (Å²) in [5, 5.41) is 1.04. The second kappa shape index (κ2) is 5.10. The number of hydrogen-bond donors (Lipinski definition) is 0. The zero-order valence-electron chi connectivity index (χ0n) is 10.8. The quantitative estimate of drug-likeness (QED) is 0.592. The highest BCUT2D eigenvalue weighted by molar-refractivity contribution is 6.21. The maximum Gasteiger partial charge on any atom is 0.134 e. The minimum Gasteiger partial charge on any atom is -0.464 e. The molecule has 1 atom stereocenters. The van der Waals surface area contributed by atoms with Crippen molar-refractivity contribution in [1.82, 2.24) is 0 Å². The lowest BCUT2D eigenvalue weighted by atomic mass is 10.0. The van der Waals surface area contributed by atoms with Crippen LogP contribution in [0.1, 0.15) is 22.1 Å². The summed E-state index contributed by atoms with van der Waals surface area (Å²) in [6.45, 7) is 2.10. The standard InChI is InChI=1S/C17H15ClO/c1-12-5-4-6-13(9-12)10-16(18)15-11-19-17-8-3-2-7-14(15)17/h2-9,11,16H,10H2,1H3. The Bertz CT molecular complexity index is 699. The highest BCUT2D eigenvalue weighted by Gasteiger charge is 2.15. The monoisotopic (exact) mass is 270 g/mol. The molecule has 3 rings (SSSR count). The molecule has 1 aromatic heterocycles. The van der Waals surface area contributed by atoms with Gasteiger partial charge in [0.25, 0.3) is 0 Å². The molecule has 0 saturated carbocycles. The number of hydrogen-bond acceptors (Lipinski definition) is 1. The van der Waals surface area contributed by atoms with Gasteiger partial charge < -0.3 is 4.42 Å². The smallest absolute Gasteiger partial charge is 0.134 e. The summed E-state index contributed by atoms with van der Waals surface area (Å²) in [5.74, 6) is 0. The largest absolute Gasteiger partial charge is 0.464 e. The van der Waals surface area contributed by atoms with Crippen molar-refractivity contribution in [2.24, 2.45) is 0 Å². The highest BCUT2D eigenvalue weighted by Crippen LogP contribution is 2.32. The van der Waals surface area contributed by atoms with Crippen LogP contribution in [0.3, 0.4) is 0 Å². The fourth-order valence-corrected chi connectivity index (χ4v) is 2.74. The summed E-state index contributed by atoms with van der Waals surface area (Å²) in [6, 6.07) is 16.5. The Hall–Kier alpha value is -1.73. The van der Waals surface area contributed by atoms with Gasteiger partial charge in [-0.15, -0.1) is 11.6 Å². The van der Waals surface area contributed by atoms with E-state index in [1.807, 2.05) is 18.2 Å². The number of rotatable bonds is 3. The summed E-state index contributed by atoms with van der Waals surface area (Å²) in [5.41, 5.74) is 4.48. The van der Waals surface area contributed by atoms with E-state index in [0.29, 0.717) is 0 Å². The van der Waals surface area contributed by atoms with Crippen LogP contribution in [0, 0.1) is 6.92 Å². The Morgan fingerprint density at radius 3 is 2.79 bits per heavy atom. The van der Waals surface area contributed by atoms with E-state index in [-0.39, 0.29) is 5.38 Å². The molecule has 0 fully saturated rings. The van der Waals surface area contributed by atoms with Crippen molar-refractivity contribution >= 4 is 22.6 Å². The van der Waals surface area contributed by atoms with Crippen molar-refractivity contribution in [3.8, 4) is 0 Å². The molecule has 0 N–H and O–H groups in total. The molecule has 2 heteroatoms. The molecule has 0 bridgehead atoms. The maximum absolute atomic E-state index is 6.55. The topological polar surface area (TPSA) is 13.1 Å². The lowest BCUT2D eigenvalue weighted by Crippen LogP contribution is -1.95. The fraction of sp³-hybridized carbons (Fsp3) is 0.176. The molecule has 3 aromatic rings. The van der Waals surface area contributed by atoms with Gasteiger partial charge in [-0.1, -0.05) is 48.0 Å². The van der Waals surface area contributed by atoms with Crippen molar-refractivity contribution in [3.63, 3.8) is 0 Å². The van der Waals surface area contributed by atoms with Gasteiger partial charge in [-0.2, -0.15) is 0 Å². The lowest BCUT2D eigenvalue weighted by molar-refractivity contribution is 0.609. The molecule has 1 heterocycles. The summed E-state index contributed by atoms with van der Waals surface area (Å²) >= 11 is 6.55. The van der Waals surface area contributed by atoms with Gasteiger partial charge in [-0.3, -0.25) is 0 Å². The second-order valence-electron chi connectivity index (χ2n) is 4.85. The molecule has 0 radical (unpaired) electrons. The number of halogens is 1. The van der Waals surface area contributed by atoms with Crippen LogP contribution in [-0.4, -0.2) is 0 Å². The van der Waals surface area contributed by atoms with Gasteiger partial charge >= 0.3 is 0 Å². The SMILES string of the molecule is Cc1cccc(CC(Cl)c2coc3ccccc23)c1. The van der Waals surface area contributed by atoms with E-state index in [2.05, 4.69) is 37.3 Å². The molecule has 0 amide bonds. The first-order chi connectivity index (χ1) is 9.24. The van der Waals surface area contributed by atoms with Crippen LogP contribution < -0.4 is 0 Å². The molecule has 1 nitrogen and oxygen atoms in total. The van der Waals surface area contributed by atoms with Gasteiger partial charge in [0.1, 0.15) is 5.58 Å². The zero-order valence-corrected chi connectivity index (χ0v) is 11.5. The summed E-state index contributed by atoms with van der Waals surface area (Å²) in [6.07, 6.45) is 2.59. The van der Waals surface area contributed by atoms with Crippen molar-refractivity contribution in [2.45, 2.75) is 18.7 Å². The average Bonchev–Trinajstić information content (AvgIpc) is 2.82. The Labute approximate surface area is 117 Å². The van der Waals surface area contributed by atoms with E-state index >= 15 is 0 Å². The first kappa shape index (κ1) is 12.3. The van der Waals surface area contributed by atoms with E-state index in [4.69, 9.17) is 16.0 Å². The Morgan fingerprint density at radius 1 is 1.11 bits per heavy atom. The number of aryl methyl sites for hydroxylation is 1. The van der Waals surface area contributed by atoms with E-state index in [9.17, 15) is 0 Å². The van der Waals surface area contributed by atoms with Gasteiger partial charge in [-0.25, -0.2) is 0 Å². The number of fused-ring (bicyclic) bond motifs is 1. The number of furan rings is 1. The molecule has 19 heavy (non-hydrogen) atoms. The Morgan fingerprint density at radius 2 is 1.95 bits per heavy atom. The van der Waals surface area contributed by atoms with Gasteiger partial charge in [0.05, 0.1) is 11.6 Å². The molecule has 0 spiro atoms. The average molecular weight is 271 g/mol. The molecular weight excluding hydrogens is 256 g/mol. The van der Waals surface area contributed by atoms with Crippen LogP contribution in [0.2, 0.25) is 0 Å². The Balaban J connectivity index is 1.90. The molecule has 1 unspecified atom stereocenters. The molecule has 0 aliphatic rings. The van der Waals surface area contributed by atoms with Gasteiger partial charge in [0.15, 0.2) is 0 Å². The van der Waals surface area contributed by atoms with Crippen molar-refractivity contribution in [1.29, 1.82) is 0 Å². The first-order valence-electron chi connectivity index (χ1n) is 6.40. The molecule has 0 aliphatic heterocycles. The van der Waals surface area contributed by atoms with Crippen LogP contribution in [0.25, 0.3) is 11.0 Å². The molecular formula is C17H15ClO. The lowest BCUT2D eigenvalue weighted by Gasteiger charge is -2.08. The Kier molecular flexibility index (Phi) is 3.31. The summed E-state index contributed by atoms with van der Waals surface area (Å²) in [4.78, 5) is 0. The maximum atomic E-state index is 6.55. The molecule has 0 aliphatic carbocycles. The van der Waals surface area contributed by atoms with Gasteiger partial charge in [0, 0.05) is 10.9 Å². The normalized spacial score (nSPS) is 12.7. The molecule has 2 aromatic carbocycles.